The highest BCUT2D eigenvalue weighted by Crippen LogP contribution is 2.17. The summed E-state index contributed by atoms with van der Waals surface area (Å²) in [5.74, 6) is -0.974. The highest BCUT2D eigenvalue weighted by Gasteiger charge is 2.20. The van der Waals surface area contributed by atoms with Crippen LogP contribution in [0.25, 0.3) is 0 Å². The third-order valence-electron chi connectivity index (χ3n) is 14.3. The van der Waals surface area contributed by atoms with E-state index in [2.05, 4.69) is 37.5 Å². The normalized spacial score (nSPS) is 13.6. The second kappa shape index (κ2) is 54.4. The molecule has 72 heavy (non-hydrogen) atoms. The maximum atomic E-state index is 13.0. The second-order valence-corrected chi connectivity index (χ2v) is 21.8. The summed E-state index contributed by atoms with van der Waals surface area (Å²) in [6.07, 6.45) is 41.1. The zero-order valence-corrected chi connectivity index (χ0v) is 47.9. The lowest BCUT2D eigenvalue weighted by Gasteiger charge is -2.27. The van der Waals surface area contributed by atoms with Crippen molar-refractivity contribution in [3.05, 3.63) is 0 Å². The molecule has 0 saturated heterocycles. The minimum atomic E-state index is -0.487. The molecule has 4 atom stereocenters. The van der Waals surface area contributed by atoms with E-state index in [-0.39, 0.29) is 39.5 Å². The van der Waals surface area contributed by atoms with Gasteiger partial charge in [0.1, 0.15) is 0 Å². The average Bonchev–Trinajstić information content (AvgIpc) is 3.35. The van der Waals surface area contributed by atoms with Gasteiger partial charge in [-0.05, 0) is 38.5 Å². The van der Waals surface area contributed by atoms with Crippen molar-refractivity contribution < 1.29 is 44.6 Å². The molecular weight excluding hydrogens is 907 g/mol. The first-order valence-electron chi connectivity index (χ1n) is 30.9. The van der Waals surface area contributed by atoms with E-state index in [4.69, 9.17) is 9.47 Å². The quantitative estimate of drug-likeness (QED) is 0.0290. The molecule has 0 spiro atoms. The van der Waals surface area contributed by atoms with Gasteiger partial charge < -0.3 is 35.0 Å². The van der Waals surface area contributed by atoms with Crippen molar-refractivity contribution in [1.29, 1.82) is 0 Å². The summed E-state index contributed by atoms with van der Waals surface area (Å²) in [6, 6.07) is 0. The van der Waals surface area contributed by atoms with Crippen LogP contribution in [0, 0.1) is 0 Å². The molecule has 12 nitrogen and oxygen atoms in total. The van der Waals surface area contributed by atoms with Crippen LogP contribution in [0.1, 0.15) is 272 Å². The van der Waals surface area contributed by atoms with Crippen molar-refractivity contribution >= 4 is 11.9 Å². The van der Waals surface area contributed by atoms with Gasteiger partial charge in [-0.1, -0.05) is 233 Å². The number of esters is 2. The Labute approximate surface area is 444 Å². The minimum Gasteiger partial charge on any atom is -0.465 e. The number of carbonyl (C=O) groups excluding carboxylic acids is 2. The van der Waals surface area contributed by atoms with Gasteiger partial charge in [0.2, 0.25) is 0 Å². The molecule has 0 fully saturated rings. The summed E-state index contributed by atoms with van der Waals surface area (Å²) in [5, 5.41) is 53.7. The fourth-order valence-electron chi connectivity index (χ4n) is 9.89. The van der Waals surface area contributed by atoms with E-state index < -0.39 is 36.4 Å². The number of rotatable bonds is 58. The Hall–Kier alpha value is -1.38. The maximum Gasteiger partial charge on any atom is 0.320 e. The van der Waals surface area contributed by atoms with Crippen LogP contribution in [0.5, 0.6) is 0 Å². The largest absolute Gasteiger partial charge is 0.465 e. The molecule has 0 saturated carbocycles. The smallest absolute Gasteiger partial charge is 0.320 e. The van der Waals surface area contributed by atoms with Crippen LogP contribution in [0.15, 0.2) is 0 Å². The Balaban J connectivity index is 5.02. The van der Waals surface area contributed by atoms with E-state index in [1.54, 1.807) is 0 Å². The van der Waals surface area contributed by atoms with E-state index >= 15 is 0 Å². The molecule has 0 aliphatic carbocycles. The predicted molar refractivity (Wildman–Crippen MR) is 300 cm³/mol. The van der Waals surface area contributed by atoms with Gasteiger partial charge in [-0.3, -0.25) is 24.3 Å². The van der Waals surface area contributed by atoms with E-state index in [1.807, 2.05) is 0 Å². The Kier molecular flexibility index (Phi) is 53.4. The van der Waals surface area contributed by atoms with Crippen LogP contribution in [0.3, 0.4) is 0 Å². The number of hydrogen-bond donors (Lipinski definition) is 5. The van der Waals surface area contributed by atoms with E-state index in [9.17, 15) is 35.1 Å². The molecule has 430 valence electrons. The van der Waals surface area contributed by atoms with Gasteiger partial charge in [0.15, 0.2) is 0 Å². The van der Waals surface area contributed by atoms with Gasteiger partial charge in [-0.25, -0.2) is 0 Å². The molecule has 0 heterocycles. The lowest BCUT2D eigenvalue weighted by atomic mass is 10.0. The number of carbonyl (C=O) groups is 2. The summed E-state index contributed by atoms with van der Waals surface area (Å²) in [4.78, 5) is 31.7. The van der Waals surface area contributed by atoms with Crippen molar-refractivity contribution in [1.82, 2.24) is 14.7 Å². The summed E-state index contributed by atoms with van der Waals surface area (Å²) < 4.78 is 11.2. The first kappa shape index (κ1) is 70.6. The molecule has 0 aromatic carbocycles. The standard InChI is InChI=1S/C60H121N3O9/c1-5-9-13-17-21-25-29-33-39-55(65)49-61(50-56(66)40-34-30-26-22-18-14-10-6-2)43-37-47-71-59(69)53-63(45-46-64)54-60(70)72-48-38-44-62(51-57(67)41-35-31-27-23-19-15-11-7-3)52-58(68)42-36-32-28-24-20-16-12-8-4/h55-58,64-68H,5-54H2,1-4H3. The SMILES string of the molecule is CCCCCCCCCCC(O)CN(CCCOC(=O)CN(CCO)CC(=O)OCCCN(CC(O)CCCCCCCCCC)CC(O)CCCCCCCCCC)CC(O)CCCCCCCCCC. The lowest BCUT2D eigenvalue weighted by molar-refractivity contribution is -0.149. The predicted octanol–water partition coefficient (Wildman–Crippen LogP) is 12.3. The van der Waals surface area contributed by atoms with Gasteiger partial charge in [-0.15, -0.1) is 0 Å². The third kappa shape index (κ3) is 49.5. The minimum absolute atomic E-state index is 0.118. The highest BCUT2D eigenvalue weighted by atomic mass is 16.5. The van der Waals surface area contributed by atoms with E-state index in [0.29, 0.717) is 52.1 Å². The summed E-state index contributed by atoms with van der Waals surface area (Å²) in [6.45, 7) is 11.9. The fourth-order valence-corrected chi connectivity index (χ4v) is 9.89. The van der Waals surface area contributed by atoms with Gasteiger partial charge >= 0.3 is 11.9 Å². The van der Waals surface area contributed by atoms with Crippen LogP contribution in [-0.4, -0.2) is 155 Å². The Bertz CT molecular complexity index is 1000. The Morgan fingerprint density at radius 3 is 0.806 bits per heavy atom. The Morgan fingerprint density at radius 2 is 0.569 bits per heavy atom. The summed E-state index contributed by atoms with van der Waals surface area (Å²) in [7, 11) is 0. The molecule has 12 heteroatoms. The molecule has 5 N–H and O–H groups in total. The fraction of sp³-hybridized carbons (Fsp3) is 0.967. The van der Waals surface area contributed by atoms with Crippen LogP contribution in [0.2, 0.25) is 0 Å². The number of hydrogen-bond acceptors (Lipinski definition) is 12. The summed E-state index contributed by atoms with van der Waals surface area (Å²) >= 11 is 0. The second-order valence-electron chi connectivity index (χ2n) is 21.8. The zero-order valence-electron chi connectivity index (χ0n) is 47.9. The van der Waals surface area contributed by atoms with Gasteiger partial charge in [-0.2, -0.15) is 0 Å². The number of unbranched alkanes of at least 4 members (excludes halogenated alkanes) is 28. The highest BCUT2D eigenvalue weighted by molar-refractivity contribution is 5.75. The number of aliphatic hydroxyl groups is 5. The van der Waals surface area contributed by atoms with Gasteiger partial charge in [0, 0.05) is 45.8 Å². The molecular formula is C60H121N3O9. The van der Waals surface area contributed by atoms with Gasteiger partial charge in [0.05, 0.1) is 57.3 Å². The lowest BCUT2D eigenvalue weighted by Crippen LogP contribution is -2.40. The molecule has 0 amide bonds. The zero-order chi connectivity index (χ0) is 53.0. The van der Waals surface area contributed by atoms with Crippen LogP contribution in [0.4, 0.5) is 0 Å². The molecule has 0 radical (unpaired) electrons. The molecule has 0 rings (SSSR count). The molecule has 0 aliphatic heterocycles. The van der Waals surface area contributed by atoms with Crippen LogP contribution < -0.4 is 0 Å². The van der Waals surface area contributed by atoms with Crippen molar-refractivity contribution in [2.75, 3.05) is 78.7 Å². The topological polar surface area (TPSA) is 163 Å². The van der Waals surface area contributed by atoms with E-state index in [0.717, 1.165) is 77.0 Å². The van der Waals surface area contributed by atoms with E-state index in [1.165, 1.54) is 159 Å². The molecule has 0 aromatic heterocycles. The molecule has 0 aromatic rings. The van der Waals surface area contributed by atoms with Gasteiger partial charge in [0.25, 0.3) is 0 Å². The third-order valence-corrected chi connectivity index (χ3v) is 14.3. The monoisotopic (exact) mass is 1030 g/mol. The average molecular weight is 1030 g/mol. The number of nitrogens with zero attached hydrogens (tertiary/aromatic N) is 3. The molecule has 0 aliphatic rings. The first-order valence-corrected chi connectivity index (χ1v) is 30.9. The van der Waals surface area contributed by atoms with Crippen molar-refractivity contribution in [3.63, 3.8) is 0 Å². The van der Waals surface area contributed by atoms with Crippen LogP contribution in [-0.2, 0) is 19.1 Å². The van der Waals surface area contributed by atoms with Crippen molar-refractivity contribution in [2.24, 2.45) is 0 Å². The van der Waals surface area contributed by atoms with Crippen LogP contribution >= 0.6 is 0 Å². The first-order chi connectivity index (χ1) is 35.1. The number of ether oxygens (including phenoxy) is 2. The van der Waals surface area contributed by atoms with Crippen molar-refractivity contribution in [2.45, 2.75) is 296 Å². The summed E-state index contributed by atoms with van der Waals surface area (Å²) in [5.41, 5.74) is 0. The van der Waals surface area contributed by atoms with Crippen molar-refractivity contribution in [3.8, 4) is 0 Å². The molecule has 0 bridgehead atoms. The number of aliphatic hydroxyl groups excluding tert-OH is 5. The molecule has 4 unspecified atom stereocenters. The maximum absolute atomic E-state index is 13.0. The Morgan fingerprint density at radius 1 is 0.333 bits per heavy atom.